The van der Waals surface area contributed by atoms with Gasteiger partial charge >= 0.3 is 5.97 Å². The molecule has 0 aliphatic rings. The molecule has 0 spiro atoms. The van der Waals surface area contributed by atoms with Gasteiger partial charge in [0.2, 0.25) is 5.95 Å². The molecule has 0 saturated carbocycles. The van der Waals surface area contributed by atoms with Gasteiger partial charge in [0, 0.05) is 29.4 Å². The van der Waals surface area contributed by atoms with Crippen LogP contribution in [0.5, 0.6) is 5.75 Å². The highest BCUT2D eigenvalue weighted by molar-refractivity contribution is 6.31. The Labute approximate surface area is 167 Å². The Morgan fingerprint density at radius 3 is 2.54 bits per heavy atom. The number of ether oxygens (including phenoxy) is 1. The second kappa shape index (κ2) is 8.58. The summed E-state index contributed by atoms with van der Waals surface area (Å²) in [5.74, 6) is 0.659. The molecule has 28 heavy (non-hydrogen) atoms. The first-order chi connectivity index (χ1) is 13.5. The van der Waals surface area contributed by atoms with Crippen LogP contribution in [-0.4, -0.2) is 34.7 Å². The number of benzene rings is 2. The number of anilines is 3. The maximum atomic E-state index is 11.0. The molecule has 144 valence electrons. The van der Waals surface area contributed by atoms with E-state index in [0.717, 1.165) is 5.56 Å². The summed E-state index contributed by atoms with van der Waals surface area (Å²) in [6, 6.07) is 13.5. The molecule has 3 rings (SSSR count). The number of hydrogen-bond acceptors (Lipinski definition) is 6. The van der Waals surface area contributed by atoms with Crippen molar-refractivity contribution in [1.82, 2.24) is 9.97 Å². The molecule has 3 aromatic rings. The van der Waals surface area contributed by atoms with Crippen LogP contribution in [0.3, 0.4) is 0 Å². The van der Waals surface area contributed by atoms with Crippen molar-refractivity contribution in [2.45, 2.75) is 6.92 Å². The van der Waals surface area contributed by atoms with Crippen molar-refractivity contribution >= 4 is 35.0 Å². The van der Waals surface area contributed by atoms with Gasteiger partial charge in [0.1, 0.15) is 11.6 Å². The third kappa shape index (κ3) is 4.50. The molecule has 0 saturated heterocycles. The fourth-order valence-electron chi connectivity index (χ4n) is 2.59. The molecule has 0 bridgehead atoms. The second-order valence-electron chi connectivity index (χ2n) is 5.79. The molecule has 0 unspecified atom stereocenters. The SMILES string of the molecule is CCOc1ccc(Cl)cc1-c1cc(Nc2ccc(C(=O)O)cc2)nc(NC)n1. The van der Waals surface area contributed by atoms with E-state index in [9.17, 15) is 4.79 Å². The van der Waals surface area contributed by atoms with Gasteiger partial charge < -0.3 is 20.5 Å². The molecule has 0 amide bonds. The summed E-state index contributed by atoms with van der Waals surface area (Å²) >= 11 is 6.17. The Kier molecular flexibility index (Phi) is 5.96. The van der Waals surface area contributed by atoms with Crippen LogP contribution in [0.4, 0.5) is 17.5 Å². The maximum Gasteiger partial charge on any atom is 0.335 e. The maximum absolute atomic E-state index is 11.0. The molecule has 3 N–H and O–H groups in total. The van der Waals surface area contributed by atoms with Crippen LogP contribution in [0.25, 0.3) is 11.3 Å². The summed E-state index contributed by atoms with van der Waals surface area (Å²) in [4.78, 5) is 19.9. The predicted molar refractivity (Wildman–Crippen MR) is 110 cm³/mol. The highest BCUT2D eigenvalue weighted by atomic mass is 35.5. The summed E-state index contributed by atoms with van der Waals surface area (Å²) in [6.07, 6.45) is 0. The van der Waals surface area contributed by atoms with Crippen LogP contribution in [-0.2, 0) is 0 Å². The van der Waals surface area contributed by atoms with Crippen LogP contribution >= 0.6 is 11.6 Å². The van der Waals surface area contributed by atoms with Gasteiger partial charge in [-0.25, -0.2) is 9.78 Å². The van der Waals surface area contributed by atoms with Crippen molar-refractivity contribution in [3.05, 3.63) is 59.1 Å². The molecular formula is C20H19ClN4O3. The minimum absolute atomic E-state index is 0.213. The van der Waals surface area contributed by atoms with Gasteiger partial charge in [-0.2, -0.15) is 4.98 Å². The van der Waals surface area contributed by atoms with Gasteiger partial charge in [-0.3, -0.25) is 0 Å². The minimum atomic E-state index is -0.974. The number of rotatable bonds is 7. The van der Waals surface area contributed by atoms with E-state index in [1.54, 1.807) is 43.4 Å². The Hall–Kier alpha value is -3.32. The second-order valence-corrected chi connectivity index (χ2v) is 6.23. The highest BCUT2D eigenvalue weighted by Gasteiger charge is 2.12. The number of aromatic nitrogens is 2. The monoisotopic (exact) mass is 398 g/mol. The van der Waals surface area contributed by atoms with E-state index in [4.69, 9.17) is 21.4 Å². The summed E-state index contributed by atoms with van der Waals surface area (Å²) < 4.78 is 5.70. The van der Waals surface area contributed by atoms with E-state index in [-0.39, 0.29) is 5.56 Å². The predicted octanol–water partition coefficient (Wildman–Crippen LogP) is 4.68. The Bertz CT molecular complexity index is 993. The molecule has 0 atom stereocenters. The number of carboxylic acid groups (broad SMARTS) is 1. The number of carboxylic acids is 1. The zero-order chi connectivity index (χ0) is 20.1. The van der Waals surface area contributed by atoms with Crippen molar-refractivity contribution in [2.24, 2.45) is 0 Å². The van der Waals surface area contributed by atoms with Crippen molar-refractivity contribution < 1.29 is 14.6 Å². The van der Waals surface area contributed by atoms with Gasteiger partial charge in [0.15, 0.2) is 0 Å². The Balaban J connectivity index is 1.99. The average molecular weight is 399 g/mol. The lowest BCUT2D eigenvalue weighted by Gasteiger charge is -2.13. The van der Waals surface area contributed by atoms with E-state index in [1.807, 2.05) is 6.92 Å². The van der Waals surface area contributed by atoms with Crippen molar-refractivity contribution in [3.8, 4) is 17.0 Å². The standard InChI is InChI=1S/C20H19ClN4O3/c1-3-28-17-9-6-13(21)10-15(17)16-11-18(25-20(22-2)24-16)23-14-7-4-12(5-8-14)19(26)27/h4-11H,3H2,1-2H3,(H,26,27)(H2,22,23,24,25). The summed E-state index contributed by atoms with van der Waals surface area (Å²) in [7, 11) is 1.73. The third-order valence-corrected chi connectivity index (χ3v) is 4.11. The van der Waals surface area contributed by atoms with Crippen LogP contribution < -0.4 is 15.4 Å². The fraction of sp³-hybridized carbons (Fsp3) is 0.150. The summed E-state index contributed by atoms with van der Waals surface area (Å²) in [6.45, 7) is 2.42. The molecule has 0 radical (unpaired) electrons. The van der Waals surface area contributed by atoms with Crippen molar-refractivity contribution in [3.63, 3.8) is 0 Å². The number of aromatic carboxylic acids is 1. The topological polar surface area (TPSA) is 96.4 Å². The number of hydrogen-bond donors (Lipinski definition) is 3. The normalized spacial score (nSPS) is 10.4. The number of nitrogens with one attached hydrogen (secondary N) is 2. The lowest BCUT2D eigenvalue weighted by atomic mass is 10.1. The first-order valence-corrected chi connectivity index (χ1v) is 8.98. The lowest BCUT2D eigenvalue weighted by Crippen LogP contribution is -2.03. The van der Waals surface area contributed by atoms with Gasteiger partial charge in [0.05, 0.1) is 17.9 Å². The van der Waals surface area contributed by atoms with Gasteiger partial charge in [-0.1, -0.05) is 11.6 Å². The van der Waals surface area contributed by atoms with Crippen LogP contribution in [0.15, 0.2) is 48.5 Å². The van der Waals surface area contributed by atoms with Crippen molar-refractivity contribution in [1.29, 1.82) is 0 Å². The largest absolute Gasteiger partial charge is 0.493 e. The summed E-state index contributed by atoms with van der Waals surface area (Å²) in [5.41, 5.74) is 2.30. The van der Waals surface area contributed by atoms with Crippen LogP contribution in [0.1, 0.15) is 17.3 Å². The lowest BCUT2D eigenvalue weighted by molar-refractivity contribution is 0.0697. The number of halogens is 1. The van der Waals surface area contributed by atoms with Crippen LogP contribution in [0, 0.1) is 0 Å². The molecule has 2 aromatic carbocycles. The van der Waals surface area contributed by atoms with E-state index in [0.29, 0.717) is 40.5 Å². The Morgan fingerprint density at radius 1 is 1.14 bits per heavy atom. The average Bonchev–Trinajstić information content (AvgIpc) is 2.69. The van der Waals surface area contributed by atoms with Gasteiger partial charge in [-0.05, 0) is 49.4 Å². The van der Waals surface area contributed by atoms with Gasteiger partial charge in [0.25, 0.3) is 0 Å². The molecule has 0 fully saturated rings. The molecular weight excluding hydrogens is 380 g/mol. The smallest absolute Gasteiger partial charge is 0.335 e. The molecule has 0 aliphatic heterocycles. The third-order valence-electron chi connectivity index (χ3n) is 3.87. The van der Waals surface area contributed by atoms with E-state index in [2.05, 4.69) is 20.6 Å². The molecule has 7 nitrogen and oxygen atoms in total. The number of carbonyl (C=O) groups is 1. The minimum Gasteiger partial charge on any atom is -0.493 e. The molecule has 8 heteroatoms. The van der Waals surface area contributed by atoms with E-state index < -0.39 is 5.97 Å². The molecule has 1 aromatic heterocycles. The van der Waals surface area contributed by atoms with E-state index in [1.165, 1.54) is 12.1 Å². The first kappa shape index (κ1) is 19.4. The fourth-order valence-corrected chi connectivity index (χ4v) is 2.76. The van der Waals surface area contributed by atoms with Crippen molar-refractivity contribution in [2.75, 3.05) is 24.3 Å². The van der Waals surface area contributed by atoms with Gasteiger partial charge in [-0.15, -0.1) is 0 Å². The quantitative estimate of drug-likeness (QED) is 0.531. The zero-order valence-electron chi connectivity index (χ0n) is 15.4. The summed E-state index contributed by atoms with van der Waals surface area (Å²) in [5, 5.41) is 15.7. The molecule has 1 heterocycles. The number of nitrogens with zero attached hydrogens (tertiary/aromatic N) is 2. The van der Waals surface area contributed by atoms with E-state index >= 15 is 0 Å². The first-order valence-electron chi connectivity index (χ1n) is 8.60. The Morgan fingerprint density at radius 2 is 1.89 bits per heavy atom. The molecule has 0 aliphatic carbocycles. The van der Waals surface area contributed by atoms with Crippen LogP contribution in [0.2, 0.25) is 5.02 Å². The zero-order valence-corrected chi connectivity index (χ0v) is 16.1. The highest BCUT2D eigenvalue weighted by Crippen LogP contribution is 2.33.